The molecular formula is C12H17N5. The fraction of sp³-hybridized carbons (Fsp3) is 0.583. The van der Waals surface area contributed by atoms with Crippen molar-refractivity contribution in [1.29, 1.82) is 0 Å². The van der Waals surface area contributed by atoms with Crippen LogP contribution in [0.2, 0.25) is 0 Å². The average molecular weight is 231 g/mol. The molecular weight excluding hydrogens is 214 g/mol. The van der Waals surface area contributed by atoms with Gasteiger partial charge in [0.2, 0.25) is 5.65 Å². The number of hydrogen-bond acceptors (Lipinski definition) is 4. The second-order valence-electron chi connectivity index (χ2n) is 5.03. The summed E-state index contributed by atoms with van der Waals surface area (Å²) in [6.45, 7) is 2.31. The summed E-state index contributed by atoms with van der Waals surface area (Å²) in [4.78, 5) is 4.04. The lowest BCUT2D eigenvalue weighted by atomic mass is 9.82. The van der Waals surface area contributed by atoms with Crippen LogP contribution in [0, 0.1) is 5.92 Å². The average Bonchev–Trinajstić information content (AvgIpc) is 2.74. The molecule has 0 amide bonds. The van der Waals surface area contributed by atoms with Gasteiger partial charge in [-0.2, -0.15) is 0 Å². The lowest BCUT2D eigenvalue weighted by molar-refractivity contribution is 0.334. The van der Waals surface area contributed by atoms with E-state index in [-0.39, 0.29) is 0 Å². The van der Waals surface area contributed by atoms with E-state index in [0.29, 0.717) is 17.4 Å². The first-order valence-electron chi connectivity index (χ1n) is 6.21. The van der Waals surface area contributed by atoms with Gasteiger partial charge in [-0.25, -0.2) is 4.98 Å². The van der Waals surface area contributed by atoms with Gasteiger partial charge in [-0.3, -0.25) is 4.40 Å². The van der Waals surface area contributed by atoms with E-state index in [1.807, 2.05) is 10.6 Å². The molecule has 1 aliphatic carbocycles. The molecule has 5 heteroatoms. The van der Waals surface area contributed by atoms with E-state index in [2.05, 4.69) is 22.1 Å². The fourth-order valence-electron chi connectivity index (χ4n) is 2.81. The predicted octanol–water partition coefficient (Wildman–Crippen LogP) is 2.00. The Kier molecular flexibility index (Phi) is 2.46. The Bertz CT molecular complexity index is 533. The quantitative estimate of drug-likeness (QED) is 0.815. The largest absolute Gasteiger partial charge is 0.381 e. The van der Waals surface area contributed by atoms with Crippen LogP contribution in [-0.4, -0.2) is 19.6 Å². The maximum atomic E-state index is 5.79. The van der Waals surface area contributed by atoms with Crippen molar-refractivity contribution in [2.75, 3.05) is 5.73 Å². The summed E-state index contributed by atoms with van der Waals surface area (Å²) in [5.74, 6) is 2.78. The zero-order chi connectivity index (χ0) is 11.8. The summed E-state index contributed by atoms with van der Waals surface area (Å²) in [5, 5.41) is 8.45. The first-order chi connectivity index (χ1) is 8.25. The van der Waals surface area contributed by atoms with Crippen LogP contribution < -0.4 is 5.73 Å². The molecule has 0 radical (unpaired) electrons. The molecule has 1 fully saturated rings. The van der Waals surface area contributed by atoms with E-state index in [1.54, 1.807) is 6.20 Å². The Morgan fingerprint density at radius 2 is 2.24 bits per heavy atom. The first kappa shape index (κ1) is 10.5. The van der Waals surface area contributed by atoms with Gasteiger partial charge in [0.1, 0.15) is 5.82 Å². The highest BCUT2D eigenvalue weighted by molar-refractivity contribution is 5.58. The van der Waals surface area contributed by atoms with E-state index in [9.17, 15) is 0 Å². The number of nitrogen functional groups attached to an aromatic ring is 1. The van der Waals surface area contributed by atoms with E-state index in [1.165, 1.54) is 25.7 Å². The lowest BCUT2D eigenvalue weighted by Gasteiger charge is -2.25. The Balaban J connectivity index is 2.02. The third-order valence-corrected chi connectivity index (χ3v) is 3.68. The van der Waals surface area contributed by atoms with E-state index < -0.39 is 0 Å². The van der Waals surface area contributed by atoms with Crippen LogP contribution in [0.25, 0.3) is 5.65 Å². The van der Waals surface area contributed by atoms with Gasteiger partial charge >= 0.3 is 0 Å². The maximum Gasteiger partial charge on any atom is 0.203 e. The molecule has 0 aliphatic heterocycles. The standard InChI is InChI=1S/C12H17N5/c1-8-3-2-4-9(7-8)11-15-16-12-10(13)14-5-6-17(11)12/h5-6,8-9H,2-4,7H2,1H3,(H2,13,14)/t8-,9+/m1/s1. The van der Waals surface area contributed by atoms with E-state index in [0.717, 1.165) is 11.7 Å². The summed E-state index contributed by atoms with van der Waals surface area (Å²) in [5.41, 5.74) is 6.47. The van der Waals surface area contributed by atoms with Gasteiger partial charge in [-0.1, -0.05) is 19.8 Å². The van der Waals surface area contributed by atoms with E-state index >= 15 is 0 Å². The van der Waals surface area contributed by atoms with Gasteiger partial charge in [0.15, 0.2) is 5.82 Å². The predicted molar refractivity (Wildman–Crippen MR) is 65.6 cm³/mol. The first-order valence-corrected chi connectivity index (χ1v) is 6.21. The summed E-state index contributed by atoms with van der Waals surface area (Å²) < 4.78 is 1.99. The van der Waals surface area contributed by atoms with Crippen molar-refractivity contribution < 1.29 is 0 Å². The number of rotatable bonds is 1. The maximum absolute atomic E-state index is 5.79. The highest BCUT2D eigenvalue weighted by Crippen LogP contribution is 2.35. The van der Waals surface area contributed by atoms with Crippen LogP contribution in [0.15, 0.2) is 12.4 Å². The van der Waals surface area contributed by atoms with Crippen LogP contribution in [0.5, 0.6) is 0 Å². The summed E-state index contributed by atoms with van der Waals surface area (Å²) in [6, 6.07) is 0. The van der Waals surface area contributed by atoms with Crippen LogP contribution in [-0.2, 0) is 0 Å². The van der Waals surface area contributed by atoms with Gasteiger partial charge in [0.05, 0.1) is 0 Å². The van der Waals surface area contributed by atoms with Gasteiger partial charge < -0.3 is 5.73 Å². The van der Waals surface area contributed by atoms with Crippen molar-refractivity contribution in [1.82, 2.24) is 19.6 Å². The Hall–Kier alpha value is -1.65. The van der Waals surface area contributed by atoms with Crippen molar-refractivity contribution in [3.8, 4) is 0 Å². The normalized spacial score (nSPS) is 25.2. The molecule has 2 aromatic rings. The Labute approximate surface area is 100 Å². The topological polar surface area (TPSA) is 69.1 Å². The molecule has 0 bridgehead atoms. The fourth-order valence-corrected chi connectivity index (χ4v) is 2.81. The molecule has 1 saturated carbocycles. The second-order valence-corrected chi connectivity index (χ2v) is 5.03. The zero-order valence-electron chi connectivity index (χ0n) is 10.0. The van der Waals surface area contributed by atoms with Gasteiger partial charge in [0.25, 0.3) is 0 Å². The second kappa shape index (κ2) is 3.98. The van der Waals surface area contributed by atoms with Gasteiger partial charge in [0, 0.05) is 18.3 Å². The molecule has 3 rings (SSSR count). The molecule has 2 heterocycles. The summed E-state index contributed by atoms with van der Waals surface area (Å²) >= 11 is 0. The third kappa shape index (κ3) is 1.75. The number of fused-ring (bicyclic) bond motifs is 1. The highest BCUT2D eigenvalue weighted by atomic mass is 15.3. The van der Waals surface area contributed by atoms with Crippen LogP contribution >= 0.6 is 0 Å². The summed E-state index contributed by atoms with van der Waals surface area (Å²) in [6.07, 6.45) is 8.62. The molecule has 1 aliphatic rings. The Morgan fingerprint density at radius 1 is 1.35 bits per heavy atom. The Morgan fingerprint density at radius 3 is 3.06 bits per heavy atom. The molecule has 2 aromatic heterocycles. The number of aromatic nitrogens is 4. The van der Waals surface area contributed by atoms with Gasteiger partial charge in [-0.15, -0.1) is 10.2 Å². The number of hydrogen-bond donors (Lipinski definition) is 1. The van der Waals surface area contributed by atoms with Crippen molar-refractivity contribution in [2.24, 2.45) is 5.92 Å². The molecule has 0 saturated heterocycles. The summed E-state index contributed by atoms with van der Waals surface area (Å²) in [7, 11) is 0. The van der Waals surface area contributed by atoms with Crippen LogP contribution in [0.3, 0.4) is 0 Å². The smallest absolute Gasteiger partial charge is 0.203 e. The van der Waals surface area contributed by atoms with Crippen LogP contribution in [0.4, 0.5) is 5.82 Å². The number of nitrogens with two attached hydrogens (primary N) is 1. The van der Waals surface area contributed by atoms with Gasteiger partial charge in [-0.05, 0) is 18.8 Å². The molecule has 0 aromatic carbocycles. The van der Waals surface area contributed by atoms with Crippen molar-refractivity contribution in [3.05, 3.63) is 18.2 Å². The number of nitrogens with zero attached hydrogens (tertiary/aromatic N) is 4. The monoisotopic (exact) mass is 231 g/mol. The van der Waals surface area contributed by atoms with Crippen molar-refractivity contribution in [2.45, 2.75) is 38.5 Å². The van der Waals surface area contributed by atoms with Crippen LogP contribution in [0.1, 0.15) is 44.3 Å². The van der Waals surface area contributed by atoms with Crippen molar-refractivity contribution >= 4 is 11.5 Å². The minimum atomic E-state index is 0.454. The molecule has 0 unspecified atom stereocenters. The molecule has 17 heavy (non-hydrogen) atoms. The molecule has 5 nitrogen and oxygen atoms in total. The minimum absolute atomic E-state index is 0.454. The number of anilines is 1. The highest BCUT2D eigenvalue weighted by Gasteiger charge is 2.24. The zero-order valence-corrected chi connectivity index (χ0v) is 10.0. The molecule has 0 spiro atoms. The molecule has 2 atom stereocenters. The molecule has 2 N–H and O–H groups in total. The van der Waals surface area contributed by atoms with E-state index in [4.69, 9.17) is 5.73 Å². The molecule has 90 valence electrons. The van der Waals surface area contributed by atoms with Crippen molar-refractivity contribution in [3.63, 3.8) is 0 Å². The lowest BCUT2D eigenvalue weighted by Crippen LogP contribution is -2.14. The minimum Gasteiger partial charge on any atom is -0.381 e. The SMILES string of the molecule is C[C@@H]1CCC[C@H](c2nnc3c(N)nccn23)C1. The third-order valence-electron chi connectivity index (χ3n) is 3.68.